The molecule has 0 atom stereocenters. The number of ether oxygens (including phenoxy) is 2. The Hall–Kier alpha value is -4.23. The third-order valence-electron chi connectivity index (χ3n) is 6.20. The minimum atomic E-state index is -0.204. The largest absolute Gasteiger partial charge is 0.454 e. The van der Waals surface area contributed by atoms with Crippen molar-refractivity contribution in [2.45, 2.75) is 11.3 Å². The highest BCUT2D eigenvalue weighted by Gasteiger charge is 2.19. The van der Waals surface area contributed by atoms with Gasteiger partial charge in [0.2, 0.25) is 12.7 Å². The summed E-state index contributed by atoms with van der Waals surface area (Å²) < 4.78 is 10.7. The summed E-state index contributed by atoms with van der Waals surface area (Å²) >= 11 is 1.32. The highest BCUT2D eigenvalue weighted by molar-refractivity contribution is 8.00. The van der Waals surface area contributed by atoms with Crippen molar-refractivity contribution in [3.8, 4) is 22.6 Å². The molecule has 178 valence electrons. The lowest BCUT2D eigenvalue weighted by atomic mass is 10.1. The van der Waals surface area contributed by atoms with Crippen molar-refractivity contribution in [2.24, 2.45) is 0 Å². The van der Waals surface area contributed by atoms with Crippen LogP contribution < -0.4 is 20.1 Å². The first-order valence-corrected chi connectivity index (χ1v) is 12.6. The minimum Gasteiger partial charge on any atom is -0.454 e. The van der Waals surface area contributed by atoms with E-state index in [1.165, 1.54) is 34.0 Å². The molecule has 4 aromatic rings. The molecule has 4 aromatic carbocycles. The predicted octanol–water partition coefficient (Wildman–Crippen LogP) is 5.97. The van der Waals surface area contributed by atoms with Gasteiger partial charge in [0.25, 0.3) is 5.91 Å². The first-order chi connectivity index (χ1) is 17.6. The number of amides is 2. The van der Waals surface area contributed by atoms with Crippen LogP contribution in [0.15, 0.2) is 89.8 Å². The second-order valence-corrected chi connectivity index (χ2v) is 9.58. The molecule has 1 heterocycles. The number of fused-ring (bicyclic) bond motifs is 4. The molecular weight excluding hydrogens is 472 g/mol. The van der Waals surface area contributed by atoms with Gasteiger partial charge in [-0.05, 0) is 65.1 Å². The molecule has 1 aliphatic carbocycles. The summed E-state index contributed by atoms with van der Waals surface area (Å²) in [5.74, 6) is 1.06. The van der Waals surface area contributed by atoms with Gasteiger partial charge in [-0.25, -0.2) is 0 Å². The molecule has 1 aliphatic heterocycles. The van der Waals surface area contributed by atoms with Gasteiger partial charge in [-0.1, -0.05) is 42.5 Å². The summed E-state index contributed by atoms with van der Waals surface area (Å²) in [6, 6.07) is 27.0. The van der Waals surface area contributed by atoms with Crippen LogP contribution in [-0.4, -0.2) is 24.4 Å². The highest BCUT2D eigenvalue weighted by Crippen LogP contribution is 2.38. The second-order valence-electron chi connectivity index (χ2n) is 8.56. The van der Waals surface area contributed by atoms with E-state index in [0.717, 1.165) is 17.0 Å². The number of benzene rings is 4. The summed E-state index contributed by atoms with van der Waals surface area (Å²) in [4.78, 5) is 26.4. The zero-order valence-electron chi connectivity index (χ0n) is 19.2. The molecule has 0 saturated heterocycles. The van der Waals surface area contributed by atoms with Crippen LogP contribution >= 0.6 is 11.8 Å². The first kappa shape index (κ1) is 22.2. The van der Waals surface area contributed by atoms with E-state index >= 15 is 0 Å². The fraction of sp³-hybridized carbons (Fsp3) is 0.103. The monoisotopic (exact) mass is 494 g/mol. The zero-order chi connectivity index (χ0) is 24.5. The zero-order valence-corrected chi connectivity index (χ0v) is 20.1. The van der Waals surface area contributed by atoms with Crippen LogP contribution in [0.3, 0.4) is 0 Å². The lowest BCUT2D eigenvalue weighted by Gasteiger charge is -2.11. The molecule has 0 fully saturated rings. The SMILES string of the molecule is O=C(CSc1ccccc1C(=O)Nc1ccc2c(c1)Cc1ccccc1-2)Nc1ccc2c(c1)OCO2. The number of nitrogens with one attached hydrogen (secondary N) is 2. The van der Waals surface area contributed by atoms with Gasteiger partial charge in [0.05, 0.1) is 11.3 Å². The lowest BCUT2D eigenvalue weighted by molar-refractivity contribution is -0.113. The number of hydrogen-bond acceptors (Lipinski definition) is 5. The van der Waals surface area contributed by atoms with E-state index in [1.807, 2.05) is 36.4 Å². The minimum absolute atomic E-state index is 0.163. The molecule has 36 heavy (non-hydrogen) atoms. The maximum atomic E-state index is 13.1. The summed E-state index contributed by atoms with van der Waals surface area (Å²) in [5.41, 5.74) is 6.90. The molecule has 2 aliphatic rings. The second kappa shape index (κ2) is 9.43. The molecule has 0 aromatic heterocycles. The van der Waals surface area contributed by atoms with E-state index in [2.05, 4.69) is 34.9 Å². The van der Waals surface area contributed by atoms with E-state index in [4.69, 9.17) is 9.47 Å². The number of carbonyl (C=O) groups is 2. The van der Waals surface area contributed by atoms with Crippen LogP contribution in [0.1, 0.15) is 21.5 Å². The Bertz CT molecular complexity index is 1500. The maximum Gasteiger partial charge on any atom is 0.256 e. The van der Waals surface area contributed by atoms with Crippen molar-refractivity contribution < 1.29 is 19.1 Å². The Morgan fingerprint density at radius 1 is 0.750 bits per heavy atom. The maximum absolute atomic E-state index is 13.1. The van der Waals surface area contributed by atoms with E-state index in [1.54, 1.807) is 24.3 Å². The standard InChI is InChI=1S/C29H22N2O4S/c32-28(30-21-10-12-25-26(15-21)35-17-34-25)16-36-27-8-4-3-7-24(27)29(33)31-20-9-11-23-19(14-20)13-18-5-1-2-6-22(18)23/h1-12,14-15H,13,16-17H2,(H,30,32)(H,31,33). The summed E-state index contributed by atoms with van der Waals surface area (Å²) in [5, 5.41) is 5.89. The van der Waals surface area contributed by atoms with E-state index in [0.29, 0.717) is 22.7 Å². The number of carbonyl (C=O) groups excluding carboxylic acids is 2. The van der Waals surface area contributed by atoms with Gasteiger partial charge >= 0.3 is 0 Å². The van der Waals surface area contributed by atoms with Crippen molar-refractivity contribution in [2.75, 3.05) is 23.2 Å². The Kier molecular flexibility index (Phi) is 5.83. The lowest BCUT2D eigenvalue weighted by Crippen LogP contribution is -2.16. The van der Waals surface area contributed by atoms with E-state index in [-0.39, 0.29) is 24.4 Å². The van der Waals surface area contributed by atoms with Gasteiger partial charge in [-0.2, -0.15) is 0 Å². The molecule has 0 radical (unpaired) electrons. The van der Waals surface area contributed by atoms with Crippen molar-refractivity contribution in [1.29, 1.82) is 0 Å². The fourth-order valence-electron chi connectivity index (χ4n) is 4.52. The Morgan fingerprint density at radius 3 is 2.44 bits per heavy atom. The summed E-state index contributed by atoms with van der Waals surface area (Å²) in [6.45, 7) is 0.181. The van der Waals surface area contributed by atoms with Crippen molar-refractivity contribution in [1.82, 2.24) is 0 Å². The van der Waals surface area contributed by atoms with Crippen LogP contribution in [0.5, 0.6) is 11.5 Å². The Labute approximate surface area is 212 Å². The molecule has 6 rings (SSSR count). The normalized spacial score (nSPS) is 12.6. The van der Waals surface area contributed by atoms with Gasteiger partial charge < -0.3 is 20.1 Å². The van der Waals surface area contributed by atoms with E-state index in [9.17, 15) is 9.59 Å². The van der Waals surface area contributed by atoms with Gasteiger partial charge in [-0.3, -0.25) is 9.59 Å². The molecule has 2 N–H and O–H groups in total. The molecule has 6 nitrogen and oxygen atoms in total. The van der Waals surface area contributed by atoms with Crippen molar-refractivity contribution in [3.05, 3.63) is 102 Å². The smallest absolute Gasteiger partial charge is 0.256 e. The van der Waals surface area contributed by atoms with Crippen molar-refractivity contribution in [3.63, 3.8) is 0 Å². The van der Waals surface area contributed by atoms with Crippen LogP contribution in [0.2, 0.25) is 0 Å². The molecule has 0 unspecified atom stereocenters. The number of rotatable bonds is 6. The Morgan fingerprint density at radius 2 is 1.50 bits per heavy atom. The predicted molar refractivity (Wildman–Crippen MR) is 141 cm³/mol. The molecule has 0 spiro atoms. The third-order valence-corrected chi connectivity index (χ3v) is 7.27. The topological polar surface area (TPSA) is 76.7 Å². The van der Waals surface area contributed by atoms with Crippen LogP contribution in [-0.2, 0) is 11.2 Å². The average Bonchev–Trinajstić information content (AvgIpc) is 3.51. The molecule has 0 saturated carbocycles. The third kappa shape index (κ3) is 4.41. The average molecular weight is 495 g/mol. The summed E-state index contributed by atoms with van der Waals surface area (Å²) in [6.07, 6.45) is 0.861. The Balaban J connectivity index is 1.11. The number of anilines is 2. The molecule has 7 heteroatoms. The molecule has 0 bridgehead atoms. The number of hydrogen-bond donors (Lipinski definition) is 2. The summed E-state index contributed by atoms with van der Waals surface area (Å²) in [7, 11) is 0. The van der Waals surface area contributed by atoms with Crippen LogP contribution in [0, 0.1) is 0 Å². The van der Waals surface area contributed by atoms with Crippen molar-refractivity contribution >= 4 is 35.0 Å². The molecule has 2 amide bonds. The van der Waals surface area contributed by atoms with Gasteiger partial charge in [0, 0.05) is 22.3 Å². The van der Waals surface area contributed by atoms with Crippen LogP contribution in [0.25, 0.3) is 11.1 Å². The van der Waals surface area contributed by atoms with Gasteiger partial charge in [0.15, 0.2) is 11.5 Å². The first-order valence-electron chi connectivity index (χ1n) is 11.6. The molecular formula is C29H22N2O4S. The highest BCUT2D eigenvalue weighted by atomic mass is 32.2. The fourth-order valence-corrected chi connectivity index (χ4v) is 5.37. The van der Waals surface area contributed by atoms with Gasteiger partial charge in [0.1, 0.15) is 0 Å². The quantitative estimate of drug-likeness (QED) is 0.285. The number of thioether (sulfide) groups is 1. The van der Waals surface area contributed by atoms with Crippen LogP contribution in [0.4, 0.5) is 11.4 Å². The van der Waals surface area contributed by atoms with Gasteiger partial charge in [-0.15, -0.1) is 11.8 Å². The van der Waals surface area contributed by atoms with E-state index < -0.39 is 0 Å².